The fraction of sp³-hybridized carbons (Fsp3) is 0.676. The van der Waals surface area contributed by atoms with Crippen molar-refractivity contribution in [1.29, 1.82) is 0 Å². The van der Waals surface area contributed by atoms with Crippen LogP contribution in [-0.2, 0) is 76.6 Å². The molecule has 2 saturated carbocycles. The number of alkyl halides is 3. The van der Waals surface area contributed by atoms with Crippen molar-refractivity contribution in [3.8, 4) is 0 Å². The zero-order valence-corrected chi connectivity index (χ0v) is 62.4. The summed E-state index contributed by atoms with van der Waals surface area (Å²) in [4.78, 5) is 191. The number of benzene rings is 2. The number of piperidine rings is 1. The maximum atomic E-state index is 15.8. The molecule has 0 aromatic heterocycles. The van der Waals surface area contributed by atoms with E-state index >= 15 is 28.8 Å². The van der Waals surface area contributed by atoms with Gasteiger partial charge in [0.05, 0.1) is 36.6 Å². The molecule has 0 unspecified atom stereocenters. The first-order valence-electron chi connectivity index (χ1n) is 36.3. The van der Waals surface area contributed by atoms with Crippen LogP contribution in [0.3, 0.4) is 0 Å². The summed E-state index contributed by atoms with van der Waals surface area (Å²) >= 11 is 6.16. The number of carbonyl (C=O) groups is 12. The Morgan fingerprint density at radius 3 is 1.82 bits per heavy atom. The van der Waals surface area contributed by atoms with Gasteiger partial charge in [0, 0.05) is 75.4 Å². The van der Waals surface area contributed by atoms with E-state index in [9.17, 15) is 41.9 Å². The molecule has 28 heteroatoms. The van der Waals surface area contributed by atoms with E-state index in [2.05, 4.69) is 16.0 Å². The molecule has 102 heavy (non-hydrogen) atoms. The van der Waals surface area contributed by atoms with Crippen LogP contribution in [0, 0.1) is 24.7 Å². The molecule has 1 spiro atoms. The van der Waals surface area contributed by atoms with Crippen molar-refractivity contribution in [1.82, 2.24) is 60.0 Å². The van der Waals surface area contributed by atoms with Crippen molar-refractivity contribution in [2.75, 3.05) is 88.6 Å². The summed E-state index contributed by atoms with van der Waals surface area (Å²) in [6, 6.07) is 1.41. The molecule has 8 atom stereocenters. The summed E-state index contributed by atoms with van der Waals surface area (Å²) in [6.07, 6.45) is 2.32. The van der Waals surface area contributed by atoms with Gasteiger partial charge in [-0.25, -0.2) is 0 Å². The van der Waals surface area contributed by atoms with Crippen molar-refractivity contribution in [3.63, 3.8) is 0 Å². The molecule has 564 valence electrons. The molecule has 0 bridgehead atoms. The second kappa shape index (κ2) is 36.0. The fourth-order valence-electron chi connectivity index (χ4n) is 15.0. The minimum absolute atomic E-state index is 0.0236. The third-order valence-corrected chi connectivity index (χ3v) is 21.9. The van der Waals surface area contributed by atoms with E-state index in [1.54, 1.807) is 24.0 Å². The number of amides is 12. The number of halogens is 4. The van der Waals surface area contributed by atoms with E-state index in [0.29, 0.717) is 70.0 Å². The number of carbonyl (C=O) groups excluding carboxylic acids is 12. The number of fused-ring (bicyclic) bond motifs is 1. The lowest BCUT2D eigenvalue weighted by atomic mass is 9.81. The number of nitrogens with zero attached hydrogens (tertiary/aromatic N) is 9. The van der Waals surface area contributed by atoms with E-state index < -0.39 is 173 Å². The summed E-state index contributed by atoms with van der Waals surface area (Å²) in [6.45, 7) is 8.15. The van der Waals surface area contributed by atoms with Gasteiger partial charge in [-0.05, 0) is 125 Å². The molecular formula is C74H108ClF3N12O12. The molecule has 3 N–H and O–H groups in total. The highest BCUT2D eigenvalue weighted by molar-refractivity contribution is 6.31. The summed E-state index contributed by atoms with van der Waals surface area (Å²) in [5, 5.41) is 8.14. The Morgan fingerprint density at radius 2 is 1.22 bits per heavy atom. The molecule has 2 aromatic rings. The predicted molar refractivity (Wildman–Crippen MR) is 377 cm³/mol. The van der Waals surface area contributed by atoms with Crippen LogP contribution in [0.2, 0.25) is 5.02 Å². The lowest BCUT2D eigenvalue weighted by molar-refractivity contribution is -0.157. The Bertz CT molecular complexity index is 3360. The zero-order chi connectivity index (χ0) is 75.2. The van der Waals surface area contributed by atoms with Gasteiger partial charge in [0.2, 0.25) is 70.9 Å². The number of rotatable bonds is 11. The number of aryl methyl sites for hydroxylation is 2. The minimum atomic E-state index is -4.77. The van der Waals surface area contributed by atoms with Gasteiger partial charge in [-0.15, -0.1) is 0 Å². The predicted octanol–water partition coefficient (Wildman–Crippen LogP) is 6.00. The van der Waals surface area contributed by atoms with Crippen LogP contribution >= 0.6 is 11.6 Å². The van der Waals surface area contributed by atoms with Gasteiger partial charge in [0.25, 0.3) is 0 Å². The Balaban J connectivity index is 1.30. The second-order valence-electron chi connectivity index (χ2n) is 29.6. The fourth-order valence-corrected chi connectivity index (χ4v) is 15.3. The van der Waals surface area contributed by atoms with E-state index in [4.69, 9.17) is 11.6 Å². The second-order valence-corrected chi connectivity index (χ2v) is 30.0. The van der Waals surface area contributed by atoms with Crippen LogP contribution < -0.4 is 16.0 Å². The first kappa shape index (κ1) is 81.5. The third-order valence-electron chi connectivity index (χ3n) is 21.6. The SMILES string of the molecule is CC[C@H](C)[C@@H]1NC(=O)[C@H](CC(C)C)N(C)C(=O)C[C@@H](C(=O)N2CCCCC2)N(C)C(=O)[C@H](C2CCCCC2)N(C)C(=O)C2(CCCC2)NC(=O)[C@@H]2CCCN2C(=O)[C@H](CCc2ccc(C(F)(F)F)c(Cl)c2)NC(=O)CN(C)C(=O)[C@H](Cc2ccc(C)cc2)N(C)C(=O)CN(C)C(=O)CN(C)C1=O. The topological polar surface area (TPSA) is 270 Å². The van der Waals surface area contributed by atoms with Crippen LogP contribution in [0.25, 0.3) is 0 Å². The average Bonchev–Trinajstić information content (AvgIpc) is 1.46. The van der Waals surface area contributed by atoms with Crippen molar-refractivity contribution < 1.29 is 70.7 Å². The van der Waals surface area contributed by atoms with Gasteiger partial charge < -0.3 is 60.0 Å². The molecule has 0 radical (unpaired) electrons. The smallest absolute Gasteiger partial charge is 0.343 e. The van der Waals surface area contributed by atoms with Crippen LogP contribution in [0.1, 0.15) is 166 Å². The van der Waals surface area contributed by atoms with Crippen molar-refractivity contribution >= 4 is 82.5 Å². The highest BCUT2D eigenvalue weighted by atomic mass is 35.5. The number of likely N-dealkylation sites (tertiary alicyclic amines) is 1. The van der Waals surface area contributed by atoms with Crippen molar-refractivity contribution in [3.05, 3.63) is 69.7 Å². The van der Waals surface area contributed by atoms with Crippen LogP contribution in [-0.4, -0.2) is 251 Å². The number of hydrogen-bond donors (Lipinski definition) is 3. The first-order chi connectivity index (χ1) is 48.1. The quantitative estimate of drug-likeness (QED) is 0.234. The van der Waals surface area contributed by atoms with Gasteiger partial charge in [-0.1, -0.05) is 114 Å². The van der Waals surface area contributed by atoms with Crippen molar-refractivity contribution in [2.24, 2.45) is 17.8 Å². The van der Waals surface area contributed by atoms with E-state index in [1.807, 2.05) is 39.8 Å². The highest BCUT2D eigenvalue weighted by Crippen LogP contribution is 2.38. The zero-order valence-electron chi connectivity index (χ0n) is 61.6. The van der Waals surface area contributed by atoms with Gasteiger partial charge in [0.15, 0.2) is 0 Å². The summed E-state index contributed by atoms with van der Waals surface area (Å²) < 4.78 is 41.7. The normalized spacial score (nSPS) is 25.5. The van der Waals surface area contributed by atoms with E-state index in [-0.39, 0.29) is 63.0 Å². The molecule has 3 heterocycles. The average molecular weight is 1450 g/mol. The Hall–Kier alpha value is -7.84. The molecular weight excluding hydrogens is 1340 g/mol. The Labute approximate surface area is 603 Å². The van der Waals surface area contributed by atoms with Crippen molar-refractivity contribution in [2.45, 2.75) is 217 Å². The van der Waals surface area contributed by atoms with Gasteiger partial charge in [0.1, 0.15) is 47.8 Å². The number of likely N-dealkylation sites (N-methyl/N-ethyl adjacent to an activating group) is 7. The molecule has 24 nitrogen and oxygen atoms in total. The van der Waals surface area contributed by atoms with Gasteiger partial charge in [-0.2, -0.15) is 13.2 Å². The van der Waals surface area contributed by atoms with Gasteiger partial charge >= 0.3 is 6.18 Å². The highest BCUT2D eigenvalue weighted by Gasteiger charge is 2.51. The maximum Gasteiger partial charge on any atom is 0.417 e. The maximum absolute atomic E-state index is 15.8. The largest absolute Gasteiger partial charge is 0.417 e. The van der Waals surface area contributed by atoms with Crippen LogP contribution in [0.15, 0.2) is 42.5 Å². The minimum Gasteiger partial charge on any atom is -0.343 e. The molecule has 3 aliphatic heterocycles. The van der Waals surface area contributed by atoms with Crippen LogP contribution in [0.5, 0.6) is 0 Å². The number of nitrogens with one attached hydrogen (secondary N) is 3. The summed E-state index contributed by atoms with van der Waals surface area (Å²) in [7, 11) is 9.86. The molecule has 2 aliphatic carbocycles. The van der Waals surface area contributed by atoms with Gasteiger partial charge in [-0.3, -0.25) is 57.5 Å². The number of hydrogen-bond acceptors (Lipinski definition) is 12. The molecule has 12 amide bonds. The molecule has 5 fully saturated rings. The lowest BCUT2D eigenvalue weighted by Gasteiger charge is -2.43. The molecule has 5 aliphatic rings. The van der Waals surface area contributed by atoms with Crippen LogP contribution in [0.4, 0.5) is 13.2 Å². The standard InChI is InChI=1S/C74H108ClF3N12O12/c1-13-48(5)63-70(100)84(8)44-61(93)82(6)45-62(94)86(10)57(41-50-28-26-47(4)27-29-50)68(98)83(7)43-59(91)79-54(33-31-49-30-32-52(53(75)40-49)74(76,77)78)67(97)90-38-22-25-55(90)66(96)81-73(34-18-19-35-73)72(102)88(12)64(51-23-16-14-17-24-51)71(101)87(11)58(69(99)89-36-20-15-21-37-89)42-60(92)85(9)56(39-46(2)3)65(95)80-63/h26-30,32,40,46,48,51,54-58,63-64H,13-25,31,33-39,41-45H2,1-12H3,(H,79,91)(H,80,95)(H,81,96)/t48-,54-,55-,56-,57-,58-,63-,64-/m0/s1. The van der Waals surface area contributed by atoms with E-state index in [1.165, 1.54) is 75.0 Å². The Kier molecular flexibility index (Phi) is 28.8. The summed E-state index contributed by atoms with van der Waals surface area (Å²) in [5.41, 5.74) is -0.820. The lowest BCUT2D eigenvalue weighted by Crippen LogP contribution is -2.65. The molecule has 2 aromatic carbocycles. The molecule has 7 rings (SSSR count). The van der Waals surface area contributed by atoms with E-state index in [0.717, 1.165) is 63.0 Å². The molecule has 3 saturated heterocycles. The Morgan fingerprint density at radius 1 is 0.618 bits per heavy atom. The third kappa shape index (κ3) is 20.3. The summed E-state index contributed by atoms with van der Waals surface area (Å²) in [5.74, 6) is -9.06. The first-order valence-corrected chi connectivity index (χ1v) is 36.7. The monoisotopic (exact) mass is 1450 g/mol.